The van der Waals surface area contributed by atoms with E-state index in [1.807, 2.05) is 33.7 Å². The predicted octanol–water partition coefficient (Wildman–Crippen LogP) is 2.27. The fourth-order valence-corrected chi connectivity index (χ4v) is 2.29. The van der Waals surface area contributed by atoms with Gasteiger partial charge in [0.15, 0.2) is 0 Å². The van der Waals surface area contributed by atoms with Crippen molar-refractivity contribution >= 4 is 45.5 Å². The maximum atomic E-state index is 4.20. The lowest BCUT2D eigenvalue weighted by molar-refractivity contribution is -0.531. The minimum absolute atomic E-state index is 1.12. The molecule has 72 valence electrons. The Morgan fingerprint density at radius 3 is 2.86 bits per heavy atom. The highest BCUT2D eigenvalue weighted by Crippen LogP contribution is 2.17. The molecule has 0 amide bonds. The van der Waals surface area contributed by atoms with Crippen molar-refractivity contribution in [3.63, 3.8) is 0 Å². The normalized spacial score (nSPS) is 10.5. The minimum atomic E-state index is 1.12. The summed E-state index contributed by atoms with van der Waals surface area (Å²) in [5.41, 5.74) is 2.32. The lowest BCUT2D eigenvalue weighted by Crippen LogP contribution is -2.29. The molecule has 2 rings (SSSR count). The number of aryl methyl sites for hydroxylation is 1. The van der Waals surface area contributed by atoms with E-state index in [4.69, 9.17) is 0 Å². The number of nitrogens with zero attached hydrogens (tertiary/aromatic N) is 3. The highest BCUT2D eigenvalue weighted by atomic mass is 127. The topological polar surface area (TPSA) is 21.7 Å². The third-order valence-electron chi connectivity index (χ3n) is 1.93. The molecule has 0 aromatic carbocycles. The molecule has 0 aliphatic carbocycles. The summed E-state index contributed by atoms with van der Waals surface area (Å²) in [6.45, 7) is 2.07. The first-order valence-electron chi connectivity index (χ1n) is 4.06. The van der Waals surface area contributed by atoms with Crippen LogP contribution in [-0.2, 0) is 0 Å². The molecule has 0 aliphatic rings. The molecule has 5 heteroatoms. The van der Waals surface area contributed by atoms with Gasteiger partial charge in [-0.15, -0.1) is 4.68 Å². The molecule has 0 unspecified atom stereocenters. The first-order chi connectivity index (χ1) is 6.70. The average Bonchev–Trinajstić information content (AvgIpc) is 2.57. The van der Waals surface area contributed by atoms with Gasteiger partial charge in [-0.2, -0.15) is 0 Å². The molecule has 0 spiro atoms. The number of pyridine rings is 1. The smallest absolute Gasteiger partial charge is 0.262 e. The summed E-state index contributed by atoms with van der Waals surface area (Å²) in [5.74, 6) is 0. The van der Waals surface area contributed by atoms with E-state index in [9.17, 15) is 0 Å². The number of hydrogen-bond donors (Lipinski definition) is 0. The molecule has 0 bridgehead atoms. The zero-order valence-corrected chi connectivity index (χ0v) is 11.8. The molecule has 0 N–H and O–H groups in total. The lowest BCUT2D eigenvalue weighted by atomic mass is 10.3. The number of rotatable bonds is 1. The fourth-order valence-electron chi connectivity index (χ4n) is 1.20. The fraction of sp³-hybridized carbons (Fsp3) is 0.111. The summed E-state index contributed by atoms with van der Waals surface area (Å²) in [6.07, 6.45) is 7.78. The zero-order chi connectivity index (χ0) is 10.1. The highest BCUT2D eigenvalue weighted by Gasteiger charge is 2.12. The largest absolute Gasteiger partial charge is 0.382 e. The van der Waals surface area contributed by atoms with Gasteiger partial charge in [0, 0.05) is 15.8 Å². The van der Waals surface area contributed by atoms with Crippen LogP contribution in [-0.4, -0.2) is 9.67 Å². The Labute approximate surface area is 110 Å². The molecule has 2 aromatic heterocycles. The molecule has 14 heavy (non-hydrogen) atoms. The van der Waals surface area contributed by atoms with Gasteiger partial charge in [-0.1, -0.05) is 0 Å². The predicted molar refractivity (Wildman–Crippen MR) is 70.6 cm³/mol. The van der Waals surface area contributed by atoms with Crippen molar-refractivity contribution in [2.24, 2.45) is 0 Å². The van der Waals surface area contributed by atoms with E-state index in [2.05, 4.69) is 62.0 Å². The Balaban J connectivity index is 2.63. The van der Waals surface area contributed by atoms with Crippen LogP contribution in [0.1, 0.15) is 5.56 Å². The van der Waals surface area contributed by atoms with Crippen LogP contribution >= 0.6 is 45.5 Å². The molecular formula is C9H8I2N3+. The summed E-state index contributed by atoms with van der Waals surface area (Å²) >= 11 is 4.58. The van der Waals surface area contributed by atoms with Gasteiger partial charge in [-0.05, 0) is 38.0 Å². The summed E-state index contributed by atoms with van der Waals surface area (Å²) in [6, 6.07) is 2.00. The van der Waals surface area contributed by atoms with Gasteiger partial charge in [-0.25, -0.2) is 0 Å². The molecule has 0 aliphatic heterocycles. The molecule has 0 saturated heterocycles. The first-order valence-corrected chi connectivity index (χ1v) is 6.10. The second kappa shape index (κ2) is 4.13. The van der Waals surface area contributed by atoms with Crippen LogP contribution in [0.2, 0.25) is 0 Å². The van der Waals surface area contributed by atoms with Crippen LogP contribution in [0.15, 0.2) is 30.9 Å². The SMILES string of the molecule is Cc1cncc(-n2ccc[n+]2I)c1I. The molecule has 2 aromatic rings. The van der Waals surface area contributed by atoms with Crippen LogP contribution in [0, 0.1) is 10.5 Å². The van der Waals surface area contributed by atoms with E-state index in [1.54, 1.807) is 0 Å². The summed E-state index contributed by atoms with van der Waals surface area (Å²) in [7, 11) is 0. The van der Waals surface area contributed by atoms with Gasteiger partial charge in [0.2, 0.25) is 6.20 Å². The second-order valence-electron chi connectivity index (χ2n) is 2.91. The van der Waals surface area contributed by atoms with Crippen molar-refractivity contribution in [3.05, 3.63) is 40.0 Å². The Hall–Kier alpha value is -0.180. The van der Waals surface area contributed by atoms with E-state index >= 15 is 0 Å². The Bertz CT molecular complexity index is 465. The maximum Gasteiger partial charge on any atom is 0.382 e. The monoisotopic (exact) mass is 412 g/mol. The van der Waals surface area contributed by atoms with Crippen LogP contribution in [0.3, 0.4) is 0 Å². The Kier molecular flexibility index (Phi) is 3.05. The maximum absolute atomic E-state index is 4.20. The highest BCUT2D eigenvalue weighted by molar-refractivity contribution is 14.1. The molecule has 3 nitrogen and oxygen atoms in total. The van der Waals surface area contributed by atoms with Gasteiger partial charge in [0.1, 0.15) is 5.69 Å². The molecular weight excluding hydrogens is 404 g/mol. The first kappa shape index (κ1) is 10.3. The van der Waals surface area contributed by atoms with Crippen LogP contribution < -0.4 is 2.90 Å². The quantitative estimate of drug-likeness (QED) is 0.660. The third-order valence-corrected chi connectivity index (χ3v) is 4.12. The van der Waals surface area contributed by atoms with Crippen molar-refractivity contribution in [1.29, 1.82) is 0 Å². The standard InChI is InChI=1S/C9H8I2N3/c1-7-5-12-6-8(9(7)10)13-3-2-4-14(13)11/h2-6H,1H3/q+1. The zero-order valence-electron chi connectivity index (χ0n) is 7.48. The van der Waals surface area contributed by atoms with Gasteiger partial charge in [-0.3, -0.25) is 4.98 Å². The Morgan fingerprint density at radius 1 is 1.43 bits per heavy atom. The van der Waals surface area contributed by atoms with E-state index in [1.165, 1.54) is 9.13 Å². The summed E-state index contributed by atoms with van der Waals surface area (Å²) < 4.78 is 5.29. The van der Waals surface area contributed by atoms with Crippen molar-refractivity contribution in [2.75, 3.05) is 0 Å². The van der Waals surface area contributed by atoms with Crippen molar-refractivity contribution < 1.29 is 2.90 Å². The van der Waals surface area contributed by atoms with Gasteiger partial charge in [0.05, 0.1) is 12.4 Å². The lowest BCUT2D eigenvalue weighted by Gasteiger charge is -2.03. The Morgan fingerprint density at radius 2 is 2.21 bits per heavy atom. The van der Waals surface area contributed by atoms with E-state index in [-0.39, 0.29) is 0 Å². The van der Waals surface area contributed by atoms with Gasteiger partial charge < -0.3 is 0 Å². The van der Waals surface area contributed by atoms with Gasteiger partial charge in [0.25, 0.3) is 0 Å². The summed E-state index contributed by atoms with van der Waals surface area (Å²) in [5, 5.41) is 0. The average molecular weight is 412 g/mol. The van der Waals surface area contributed by atoms with Crippen LogP contribution in [0.5, 0.6) is 0 Å². The van der Waals surface area contributed by atoms with E-state index < -0.39 is 0 Å². The van der Waals surface area contributed by atoms with Crippen LogP contribution in [0.4, 0.5) is 0 Å². The van der Waals surface area contributed by atoms with Crippen molar-refractivity contribution in [2.45, 2.75) is 6.92 Å². The van der Waals surface area contributed by atoms with E-state index in [0.29, 0.717) is 0 Å². The van der Waals surface area contributed by atoms with Crippen molar-refractivity contribution in [3.8, 4) is 5.69 Å². The van der Waals surface area contributed by atoms with E-state index in [0.717, 1.165) is 5.69 Å². The molecule has 0 atom stereocenters. The molecule has 0 saturated carbocycles. The molecule has 2 heterocycles. The van der Waals surface area contributed by atoms with Crippen LogP contribution in [0.25, 0.3) is 5.69 Å². The number of hydrogen-bond acceptors (Lipinski definition) is 1. The minimum Gasteiger partial charge on any atom is -0.262 e. The molecule has 0 fully saturated rings. The molecule has 0 radical (unpaired) electrons. The third kappa shape index (κ3) is 1.79. The second-order valence-corrected chi connectivity index (χ2v) is 4.98. The van der Waals surface area contributed by atoms with Crippen molar-refractivity contribution in [1.82, 2.24) is 9.67 Å². The summed E-state index contributed by atoms with van der Waals surface area (Å²) in [4.78, 5) is 4.20. The number of aromatic nitrogens is 3. The van der Waals surface area contributed by atoms with Gasteiger partial charge >= 0.3 is 22.9 Å². The number of halogens is 2.